The molecule has 1 N–H and O–H groups in total. The van der Waals surface area contributed by atoms with Crippen LogP contribution in [-0.4, -0.2) is 23.9 Å². The number of hydrogen-bond donors (Lipinski definition) is 1. The molecule has 0 bridgehead atoms. The normalized spacial score (nSPS) is 10.8. The van der Waals surface area contributed by atoms with Gasteiger partial charge in [-0.1, -0.05) is 29.8 Å². The summed E-state index contributed by atoms with van der Waals surface area (Å²) in [5.74, 6) is 1.95. The largest absolute Gasteiger partial charge is 0.496 e. The van der Waals surface area contributed by atoms with Crippen LogP contribution in [0.2, 0.25) is 5.02 Å². The zero-order chi connectivity index (χ0) is 16.8. The van der Waals surface area contributed by atoms with E-state index in [-0.39, 0.29) is 0 Å². The molecule has 0 saturated heterocycles. The van der Waals surface area contributed by atoms with Gasteiger partial charge in [0.15, 0.2) is 0 Å². The Hall–Kier alpha value is -2.37. The summed E-state index contributed by atoms with van der Waals surface area (Å²) < 4.78 is 11.0. The van der Waals surface area contributed by atoms with Gasteiger partial charge in [-0.15, -0.1) is 10.2 Å². The van der Waals surface area contributed by atoms with Gasteiger partial charge in [0.1, 0.15) is 5.75 Å². The maximum absolute atomic E-state index is 5.88. The lowest BCUT2D eigenvalue weighted by Crippen LogP contribution is -2.17. The van der Waals surface area contributed by atoms with Gasteiger partial charge >= 0.3 is 0 Å². The summed E-state index contributed by atoms with van der Waals surface area (Å²) in [7, 11) is 1.68. The number of methoxy groups -OCH3 is 1. The molecule has 0 unspecified atom stereocenters. The SMILES string of the molecule is COc1ccccc1CCNCc1nnc(-c2ccc(Cl)cc2)o1. The van der Waals surface area contributed by atoms with Crippen molar-refractivity contribution in [1.82, 2.24) is 15.5 Å². The van der Waals surface area contributed by atoms with Crippen LogP contribution in [0.1, 0.15) is 11.5 Å². The number of nitrogens with one attached hydrogen (secondary N) is 1. The third-order valence-corrected chi connectivity index (χ3v) is 3.85. The van der Waals surface area contributed by atoms with E-state index in [9.17, 15) is 0 Å². The van der Waals surface area contributed by atoms with E-state index in [1.807, 2.05) is 30.3 Å². The summed E-state index contributed by atoms with van der Waals surface area (Å²) in [5, 5.41) is 12.1. The lowest BCUT2D eigenvalue weighted by atomic mass is 10.1. The molecule has 1 aromatic heterocycles. The van der Waals surface area contributed by atoms with Crippen LogP contribution in [0.3, 0.4) is 0 Å². The Morgan fingerprint density at radius 1 is 1.08 bits per heavy atom. The molecule has 0 spiro atoms. The molecule has 0 atom stereocenters. The van der Waals surface area contributed by atoms with Crippen molar-refractivity contribution < 1.29 is 9.15 Å². The van der Waals surface area contributed by atoms with E-state index in [0.29, 0.717) is 23.3 Å². The minimum Gasteiger partial charge on any atom is -0.496 e. The van der Waals surface area contributed by atoms with Crippen LogP contribution in [0.4, 0.5) is 0 Å². The Morgan fingerprint density at radius 3 is 2.67 bits per heavy atom. The molecule has 0 aliphatic carbocycles. The number of para-hydroxylation sites is 1. The zero-order valence-corrected chi connectivity index (χ0v) is 14.1. The molecule has 0 radical (unpaired) electrons. The Labute approximate surface area is 145 Å². The number of benzene rings is 2. The highest BCUT2D eigenvalue weighted by Crippen LogP contribution is 2.20. The van der Waals surface area contributed by atoms with Gasteiger partial charge in [0.2, 0.25) is 11.8 Å². The van der Waals surface area contributed by atoms with E-state index in [2.05, 4.69) is 21.6 Å². The second-order valence-electron chi connectivity index (χ2n) is 5.25. The monoisotopic (exact) mass is 343 g/mol. The lowest BCUT2D eigenvalue weighted by Gasteiger charge is -2.07. The van der Waals surface area contributed by atoms with Crippen molar-refractivity contribution in [1.29, 1.82) is 0 Å². The van der Waals surface area contributed by atoms with Crippen molar-refractivity contribution in [3.63, 3.8) is 0 Å². The first-order valence-corrected chi connectivity index (χ1v) is 8.05. The van der Waals surface area contributed by atoms with E-state index >= 15 is 0 Å². The highest BCUT2D eigenvalue weighted by molar-refractivity contribution is 6.30. The van der Waals surface area contributed by atoms with Gasteiger partial charge in [0.25, 0.3) is 0 Å². The van der Waals surface area contributed by atoms with Crippen molar-refractivity contribution in [3.8, 4) is 17.2 Å². The van der Waals surface area contributed by atoms with Crippen LogP contribution in [0, 0.1) is 0 Å². The summed E-state index contributed by atoms with van der Waals surface area (Å²) in [5.41, 5.74) is 2.02. The molecule has 6 heteroatoms. The molecule has 0 aliphatic rings. The molecule has 124 valence electrons. The molecule has 3 aromatic rings. The second-order valence-corrected chi connectivity index (χ2v) is 5.68. The molecular formula is C18H18ClN3O2. The van der Waals surface area contributed by atoms with Crippen molar-refractivity contribution >= 4 is 11.6 Å². The molecular weight excluding hydrogens is 326 g/mol. The molecule has 3 rings (SSSR count). The summed E-state index contributed by atoms with van der Waals surface area (Å²) in [6, 6.07) is 15.3. The first kappa shape index (κ1) is 16.5. The third-order valence-electron chi connectivity index (χ3n) is 3.60. The predicted molar refractivity (Wildman–Crippen MR) is 93.1 cm³/mol. The van der Waals surface area contributed by atoms with Gasteiger partial charge in [0, 0.05) is 10.6 Å². The average molecular weight is 344 g/mol. The van der Waals surface area contributed by atoms with Crippen LogP contribution in [0.15, 0.2) is 52.9 Å². The lowest BCUT2D eigenvalue weighted by molar-refractivity contribution is 0.408. The number of rotatable bonds is 7. The van der Waals surface area contributed by atoms with Crippen molar-refractivity contribution in [3.05, 3.63) is 65.0 Å². The molecule has 24 heavy (non-hydrogen) atoms. The summed E-state index contributed by atoms with van der Waals surface area (Å²) in [4.78, 5) is 0. The minimum absolute atomic E-state index is 0.494. The maximum atomic E-state index is 5.88. The van der Waals surface area contributed by atoms with Crippen molar-refractivity contribution in [2.45, 2.75) is 13.0 Å². The van der Waals surface area contributed by atoms with E-state index in [1.54, 1.807) is 19.2 Å². The number of ether oxygens (including phenoxy) is 1. The van der Waals surface area contributed by atoms with Gasteiger partial charge in [-0.05, 0) is 48.9 Å². The Kier molecular flexibility index (Phi) is 5.46. The molecule has 0 amide bonds. The third kappa shape index (κ3) is 4.13. The van der Waals surface area contributed by atoms with Gasteiger partial charge < -0.3 is 14.5 Å². The maximum Gasteiger partial charge on any atom is 0.247 e. The smallest absolute Gasteiger partial charge is 0.247 e. The fourth-order valence-corrected chi connectivity index (χ4v) is 2.49. The minimum atomic E-state index is 0.494. The summed E-state index contributed by atoms with van der Waals surface area (Å²) in [6.07, 6.45) is 0.863. The average Bonchev–Trinajstić information content (AvgIpc) is 3.08. The number of aromatic nitrogens is 2. The molecule has 0 aliphatic heterocycles. The fourth-order valence-electron chi connectivity index (χ4n) is 2.36. The van der Waals surface area contributed by atoms with Crippen LogP contribution >= 0.6 is 11.6 Å². The topological polar surface area (TPSA) is 60.2 Å². The van der Waals surface area contributed by atoms with Gasteiger partial charge in [-0.3, -0.25) is 0 Å². The Bertz CT molecular complexity index is 787. The van der Waals surface area contributed by atoms with Crippen LogP contribution < -0.4 is 10.1 Å². The first-order valence-electron chi connectivity index (χ1n) is 7.67. The van der Waals surface area contributed by atoms with Crippen molar-refractivity contribution in [2.75, 3.05) is 13.7 Å². The van der Waals surface area contributed by atoms with E-state index < -0.39 is 0 Å². The zero-order valence-electron chi connectivity index (χ0n) is 13.3. The molecule has 1 heterocycles. The number of nitrogens with zero attached hydrogens (tertiary/aromatic N) is 2. The van der Waals surface area contributed by atoms with Gasteiger partial charge in [-0.25, -0.2) is 0 Å². The van der Waals surface area contributed by atoms with E-state index in [1.165, 1.54) is 5.56 Å². The predicted octanol–water partition coefficient (Wildman–Crippen LogP) is 3.73. The van der Waals surface area contributed by atoms with E-state index in [4.69, 9.17) is 20.8 Å². The highest BCUT2D eigenvalue weighted by atomic mass is 35.5. The second kappa shape index (κ2) is 7.95. The number of hydrogen-bond acceptors (Lipinski definition) is 5. The number of halogens is 1. The van der Waals surface area contributed by atoms with Crippen molar-refractivity contribution in [2.24, 2.45) is 0 Å². The van der Waals surface area contributed by atoms with Gasteiger partial charge in [0.05, 0.1) is 13.7 Å². The molecule has 0 fully saturated rings. The summed E-state index contributed by atoms with van der Waals surface area (Å²) >= 11 is 5.88. The van der Waals surface area contributed by atoms with E-state index in [0.717, 1.165) is 24.3 Å². The molecule has 2 aromatic carbocycles. The quantitative estimate of drug-likeness (QED) is 0.662. The Balaban J connectivity index is 1.52. The molecule has 0 saturated carbocycles. The summed E-state index contributed by atoms with van der Waals surface area (Å²) in [6.45, 7) is 1.31. The van der Waals surface area contributed by atoms with Gasteiger partial charge in [-0.2, -0.15) is 0 Å². The standard InChI is InChI=1S/C18H18ClN3O2/c1-23-16-5-3-2-4-13(16)10-11-20-12-17-21-22-18(24-17)14-6-8-15(19)9-7-14/h2-9,20H,10-12H2,1H3. The molecule has 5 nitrogen and oxygen atoms in total. The fraction of sp³-hybridized carbons (Fsp3) is 0.222. The van der Waals surface area contributed by atoms with Crippen LogP contribution in [-0.2, 0) is 13.0 Å². The first-order chi connectivity index (χ1) is 11.8. The highest BCUT2D eigenvalue weighted by Gasteiger charge is 2.08. The van der Waals surface area contributed by atoms with Crippen LogP contribution in [0.5, 0.6) is 5.75 Å². The Morgan fingerprint density at radius 2 is 1.88 bits per heavy atom. The van der Waals surface area contributed by atoms with Crippen LogP contribution in [0.25, 0.3) is 11.5 Å².